The predicted molar refractivity (Wildman–Crippen MR) is 74.3 cm³/mol. The van der Waals surface area contributed by atoms with Gasteiger partial charge in [0.1, 0.15) is 6.10 Å². The predicted octanol–water partition coefficient (Wildman–Crippen LogP) is 1.27. The molecule has 1 saturated carbocycles. The fraction of sp³-hybridized carbons (Fsp3) is 0.800. The van der Waals surface area contributed by atoms with Crippen LogP contribution in [0.2, 0.25) is 0 Å². The van der Waals surface area contributed by atoms with Crippen LogP contribution in [0.1, 0.15) is 45.4 Å². The van der Waals surface area contributed by atoms with Crippen LogP contribution < -0.4 is 0 Å². The van der Waals surface area contributed by atoms with Crippen molar-refractivity contribution < 1.29 is 23.9 Å². The third-order valence-corrected chi connectivity index (χ3v) is 3.86. The Morgan fingerprint density at radius 1 is 1.33 bits per heavy atom. The summed E-state index contributed by atoms with van der Waals surface area (Å²) in [6, 6.07) is 0. The Labute approximate surface area is 124 Å². The summed E-state index contributed by atoms with van der Waals surface area (Å²) in [6.07, 6.45) is 3.37. The van der Waals surface area contributed by atoms with Crippen molar-refractivity contribution >= 4 is 17.8 Å². The summed E-state index contributed by atoms with van der Waals surface area (Å²) in [4.78, 5) is 36.5. The molecule has 0 bridgehead atoms. The molecular formula is C15H23NO5. The molecule has 0 aromatic heterocycles. The number of nitrogens with zero attached hydrogens (tertiary/aromatic N) is 1. The molecule has 1 heterocycles. The zero-order chi connectivity index (χ0) is 15.2. The van der Waals surface area contributed by atoms with Gasteiger partial charge < -0.3 is 14.4 Å². The van der Waals surface area contributed by atoms with Gasteiger partial charge in [-0.2, -0.15) is 0 Å². The summed E-state index contributed by atoms with van der Waals surface area (Å²) >= 11 is 0. The fourth-order valence-corrected chi connectivity index (χ4v) is 2.55. The Bertz CT molecular complexity index is 405. The smallest absolute Gasteiger partial charge is 0.309 e. The molecular weight excluding hydrogens is 274 g/mol. The molecule has 6 nitrogen and oxygen atoms in total. The van der Waals surface area contributed by atoms with Gasteiger partial charge in [0.15, 0.2) is 0 Å². The van der Waals surface area contributed by atoms with Crippen molar-refractivity contribution in [1.29, 1.82) is 0 Å². The Hall–Kier alpha value is -1.59. The van der Waals surface area contributed by atoms with E-state index < -0.39 is 0 Å². The number of rotatable bonds is 8. The van der Waals surface area contributed by atoms with Crippen molar-refractivity contribution in [2.24, 2.45) is 5.92 Å². The molecule has 2 fully saturated rings. The number of hydrogen-bond acceptors (Lipinski definition) is 5. The normalized spacial score (nSPS) is 19.5. The summed E-state index contributed by atoms with van der Waals surface area (Å²) < 4.78 is 10.3. The van der Waals surface area contributed by atoms with E-state index in [-0.39, 0.29) is 42.7 Å². The van der Waals surface area contributed by atoms with Gasteiger partial charge in [-0.25, -0.2) is 0 Å². The van der Waals surface area contributed by atoms with E-state index in [1.807, 2.05) is 0 Å². The molecule has 2 rings (SSSR count). The maximum absolute atomic E-state index is 11.9. The number of esters is 2. The van der Waals surface area contributed by atoms with Crippen LogP contribution in [0, 0.1) is 5.92 Å². The number of ether oxygens (including phenoxy) is 2. The number of amides is 1. The van der Waals surface area contributed by atoms with Crippen LogP contribution in [-0.4, -0.2) is 48.5 Å². The van der Waals surface area contributed by atoms with Crippen molar-refractivity contribution in [3.8, 4) is 0 Å². The van der Waals surface area contributed by atoms with E-state index in [4.69, 9.17) is 9.47 Å². The minimum atomic E-state index is -0.370. The maximum atomic E-state index is 11.9. The molecule has 1 saturated heterocycles. The maximum Gasteiger partial charge on any atom is 0.309 e. The molecule has 21 heavy (non-hydrogen) atoms. The van der Waals surface area contributed by atoms with Crippen molar-refractivity contribution in [3.63, 3.8) is 0 Å². The summed E-state index contributed by atoms with van der Waals surface area (Å²) in [6.45, 7) is 3.22. The average Bonchev–Trinajstić information content (AvgIpc) is 3.20. The minimum absolute atomic E-state index is 0.105. The van der Waals surface area contributed by atoms with Crippen molar-refractivity contribution in [2.75, 3.05) is 19.7 Å². The first-order valence-electron chi connectivity index (χ1n) is 7.73. The van der Waals surface area contributed by atoms with Gasteiger partial charge in [0.25, 0.3) is 0 Å². The SMILES string of the molecule is CCOC(=O)C[C@H](OC(=O)CCN1CCCC1=O)C1CC1. The highest BCUT2D eigenvalue weighted by atomic mass is 16.6. The van der Waals surface area contributed by atoms with Crippen LogP contribution >= 0.6 is 0 Å². The summed E-state index contributed by atoms with van der Waals surface area (Å²) in [5, 5.41) is 0. The molecule has 0 unspecified atom stereocenters. The molecule has 0 aromatic carbocycles. The van der Waals surface area contributed by atoms with E-state index in [1.165, 1.54) is 0 Å². The number of likely N-dealkylation sites (tertiary alicyclic amines) is 1. The molecule has 1 aliphatic carbocycles. The van der Waals surface area contributed by atoms with E-state index in [0.29, 0.717) is 19.6 Å². The van der Waals surface area contributed by atoms with Crippen LogP contribution in [0.25, 0.3) is 0 Å². The van der Waals surface area contributed by atoms with Gasteiger partial charge in [-0.3, -0.25) is 14.4 Å². The first-order valence-corrected chi connectivity index (χ1v) is 7.73. The minimum Gasteiger partial charge on any atom is -0.466 e. The highest BCUT2D eigenvalue weighted by molar-refractivity contribution is 5.79. The van der Waals surface area contributed by atoms with E-state index in [9.17, 15) is 14.4 Å². The quantitative estimate of drug-likeness (QED) is 0.631. The molecule has 0 N–H and O–H groups in total. The first-order chi connectivity index (χ1) is 10.1. The van der Waals surface area contributed by atoms with Gasteiger partial charge in [-0.1, -0.05) is 0 Å². The second-order valence-corrected chi connectivity index (χ2v) is 5.61. The monoisotopic (exact) mass is 297 g/mol. The number of carbonyl (C=O) groups excluding carboxylic acids is 3. The van der Waals surface area contributed by atoms with Crippen molar-refractivity contribution in [1.82, 2.24) is 4.90 Å². The average molecular weight is 297 g/mol. The topological polar surface area (TPSA) is 72.9 Å². The summed E-state index contributed by atoms with van der Waals surface area (Å²) in [5.41, 5.74) is 0. The van der Waals surface area contributed by atoms with Gasteiger partial charge >= 0.3 is 11.9 Å². The Balaban J connectivity index is 1.73. The zero-order valence-electron chi connectivity index (χ0n) is 12.5. The fourth-order valence-electron chi connectivity index (χ4n) is 2.55. The van der Waals surface area contributed by atoms with Gasteiger partial charge in [0.2, 0.25) is 5.91 Å². The lowest BCUT2D eigenvalue weighted by Gasteiger charge is -2.18. The van der Waals surface area contributed by atoms with Crippen LogP contribution in [0.4, 0.5) is 0 Å². The van der Waals surface area contributed by atoms with Crippen LogP contribution in [-0.2, 0) is 23.9 Å². The number of carbonyl (C=O) groups is 3. The van der Waals surface area contributed by atoms with E-state index >= 15 is 0 Å². The molecule has 118 valence electrons. The molecule has 1 aliphatic heterocycles. The number of hydrogen-bond donors (Lipinski definition) is 0. The van der Waals surface area contributed by atoms with E-state index in [0.717, 1.165) is 25.8 Å². The highest BCUT2D eigenvalue weighted by Crippen LogP contribution is 2.36. The standard InChI is InChI=1S/C15H23NO5/c1-2-20-15(19)10-12(11-5-6-11)21-14(18)7-9-16-8-3-4-13(16)17/h11-12H,2-10H2,1H3/t12-/m0/s1. The molecule has 0 aromatic rings. The third kappa shape index (κ3) is 5.02. The Morgan fingerprint density at radius 3 is 2.67 bits per heavy atom. The van der Waals surface area contributed by atoms with Gasteiger partial charge in [0.05, 0.1) is 19.4 Å². The molecule has 0 radical (unpaired) electrons. The molecule has 1 amide bonds. The largest absolute Gasteiger partial charge is 0.466 e. The third-order valence-electron chi connectivity index (χ3n) is 3.86. The Kier molecular flexibility index (Phi) is 5.59. The van der Waals surface area contributed by atoms with Gasteiger partial charge in [-0.05, 0) is 32.1 Å². The molecule has 1 atom stereocenters. The molecule has 2 aliphatic rings. The lowest BCUT2D eigenvalue weighted by Crippen LogP contribution is -2.30. The van der Waals surface area contributed by atoms with Crippen molar-refractivity contribution in [3.05, 3.63) is 0 Å². The zero-order valence-corrected chi connectivity index (χ0v) is 12.5. The lowest BCUT2D eigenvalue weighted by molar-refractivity contribution is -0.156. The molecule has 6 heteroatoms. The van der Waals surface area contributed by atoms with Crippen LogP contribution in [0.15, 0.2) is 0 Å². The van der Waals surface area contributed by atoms with E-state index in [1.54, 1.807) is 11.8 Å². The lowest BCUT2D eigenvalue weighted by atomic mass is 10.1. The van der Waals surface area contributed by atoms with Gasteiger partial charge in [-0.15, -0.1) is 0 Å². The van der Waals surface area contributed by atoms with Gasteiger partial charge in [0, 0.05) is 19.5 Å². The van der Waals surface area contributed by atoms with Crippen molar-refractivity contribution in [2.45, 2.75) is 51.6 Å². The highest BCUT2D eigenvalue weighted by Gasteiger charge is 2.36. The van der Waals surface area contributed by atoms with Crippen LogP contribution in [0.3, 0.4) is 0 Å². The second-order valence-electron chi connectivity index (χ2n) is 5.61. The second kappa shape index (κ2) is 7.43. The van der Waals surface area contributed by atoms with E-state index in [2.05, 4.69) is 0 Å². The summed E-state index contributed by atoms with van der Waals surface area (Å²) in [5.74, 6) is -0.271. The molecule has 0 spiro atoms. The van der Waals surface area contributed by atoms with Crippen LogP contribution in [0.5, 0.6) is 0 Å². The first kappa shape index (κ1) is 15.8. The Morgan fingerprint density at radius 2 is 2.10 bits per heavy atom. The summed E-state index contributed by atoms with van der Waals surface area (Å²) in [7, 11) is 0.